The average molecular weight is 662 g/mol. The average Bonchev–Trinajstić information content (AvgIpc) is 3.01. The number of phenols is 1. The number of likely N-dealkylation sites (N-methyl/N-ethyl adjacent to an activating group) is 2. The van der Waals surface area contributed by atoms with E-state index in [9.17, 15) is 39.6 Å². The molecule has 7 N–H and O–H groups in total. The second-order valence-corrected chi connectivity index (χ2v) is 13.5. The van der Waals surface area contributed by atoms with Gasteiger partial charge >= 0.3 is 0 Å². The minimum atomic E-state index is -2.73. The van der Waals surface area contributed by atoms with Crippen molar-refractivity contribution in [1.29, 1.82) is 0 Å². The number of carbonyl (C=O) groups is 4. The lowest BCUT2D eigenvalue weighted by Gasteiger charge is -2.50. The van der Waals surface area contributed by atoms with Crippen molar-refractivity contribution >= 4 is 29.1 Å². The molecule has 48 heavy (non-hydrogen) atoms. The summed E-state index contributed by atoms with van der Waals surface area (Å²) in [6, 6.07) is 9.68. The standard InChI is InChI=1S/C35H43N5O8/c1-38(2)22-15-19(16-37-34(47)23(39(3)4)12-17-10-8-7-9-11-17)28(41)25-20(22)13-18-14-21-27(40(5)6)30(43)26(33(36)46)32(45)35(21,48)31(44)24(18)29(25)42/h7-11,15,18,21,23,27,41,43-44,48H,12-14,16H2,1-6H3,(H2,36,46)(H,37,47)/t18-,21-,23?,27+,35-/m0/s1. The van der Waals surface area contributed by atoms with Crippen LogP contribution in [0.25, 0.3) is 0 Å². The first-order chi connectivity index (χ1) is 22.5. The third kappa shape index (κ3) is 5.51. The predicted molar refractivity (Wildman–Crippen MR) is 177 cm³/mol. The van der Waals surface area contributed by atoms with Gasteiger partial charge in [-0.3, -0.25) is 29.0 Å². The molecule has 0 spiro atoms. The van der Waals surface area contributed by atoms with Crippen LogP contribution in [0.3, 0.4) is 0 Å². The van der Waals surface area contributed by atoms with Crippen LogP contribution in [0.15, 0.2) is 59.1 Å². The summed E-state index contributed by atoms with van der Waals surface area (Å²) < 4.78 is 0. The van der Waals surface area contributed by atoms with Gasteiger partial charge in [-0.2, -0.15) is 0 Å². The van der Waals surface area contributed by atoms with Crippen LogP contribution in [-0.2, 0) is 33.8 Å². The maximum absolute atomic E-state index is 14.3. The fourth-order valence-electron chi connectivity index (χ4n) is 7.53. The van der Waals surface area contributed by atoms with Gasteiger partial charge < -0.3 is 36.4 Å². The Bertz CT molecular complexity index is 1750. The molecule has 5 atom stereocenters. The summed E-state index contributed by atoms with van der Waals surface area (Å²) in [6.45, 7) is -0.110. The number of phenolic OH excluding ortho intramolecular Hbond substituents is 1. The molecule has 0 saturated carbocycles. The number of amides is 2. The monoisotopic (exact) mass is 661 g/mol. The van der Waals surface area contributed by atoms with Gasteiger partial charge in [0.1, 0.15) is 22.8 Å². The number of nitrogens with one attached hydrogen (secondary N) is 1. The Kier molecular flexibility index (Phi) is 9.17. The van der Waals surface area contributed by atoms with Crippen LogP contribution < -0.4 is 16.0 Å². The molecular weight excluding hydrogens is 618 g/mol. The fraction of sp³-hybridized carbons (Fsp3) is 0.429. The molecule has 0 aromatic heterocycles. The first-order valence-corrected chi connectivity index (χ1v) is 15.7. The number of nitrogens with zero attached hydrogens (tertiary/aromatic N) is 3. The van der Waals surface area contributed by atoms with E-state index < -0.39 is 69.8 Å². The van der Waals surface area contributed by atoms with E-state index >= 15 is 0 Å². The minimum absolute atomic E-state index is 0.00939. The number of rotatable bonds is 9. The van der Waals surface area contributed by atoms with E-state index in [-0.39, 0.29) is 42.0 Å². The number of aliphatic hydroxyl groups is 3. The van der Waals surface area contributed by atoms with Crippen molar-refractivity contribution in [3.8, 4) is 5.75 Å². The summed E-state index contributed by atoms with van der Waals surface area (Å²) >= 11 is 0. The van der Waals surface area contributed by atoms with Crippen molar-refractivity contribution in [3.63, 3.8) is 0 Å². The number of Topliss-reactive ketones (excluding diaryl/α,β-unsaturated/α-hetero) is 2. The first kappa shape index (κ1) is 34.6. The maximum Gasteiger partial charge on any atom is 0.255 e. The summed E-state index contributed by atoms with van der Waals surface area (Å²) in [7, 11) is 10.3. The third-order valence-corrected chi connectivity index (χ3v) is 9.91. The number of hydrogen-bond acceptors (Lipinski definition) is 11. The van der Waals surface area contributed by atoms with Crippen LogP contribution in [0.4, 0.5) is 5.69 Å². The number of carbonyl (C=O) groups excluding carboxylic acids is 4. The number of aliphatic hydroxyl groups excluding tert-OH is 2. The number of aromatic hydroxyl groups is 1. The lowest BCUT2D eigenvalue weighted by atomic mass is 9.58. The molecule has 0 saturated heterocycles. The van der Waals surface area contributed by atoms with Crippen LogP contribution >= 0.6 is 0 Å². The predicted octanol–water partition coefficient (Wildman–Crippen LogP) is 0.976. The lowest BCUT2D eigenvalue weighted by molar-refractivity contribution is -0.148. The number of nitrogens with two attached hydrogens (primary N) is 1. The molecule has 13 nitrogen and oxygen atoms in total. The molecule has 256 valence electrons. The smallest absolute Gasteiger partial charge is 0.255 e. The molecular formula is C35H43N5O8. The number of primary amides is 1. The van der Waals surface area contributed by atoms with Gasteiger partial charge in [-0.05, 0) is 70.6 Å². The van der Waals surface area contributed by atoms with Gasteiger partial charge in [0.05, 0.1) is 17.6 Å². The summed E-state index contributed by atoms with van der Waals surface area (Å²) in [5.74, 6) is -7.40. The van der Waals surface area contributed by atoms with Gasteiger partial charge in [-0.25, -0.2) is 0 Å². The molecule has 3 aliphatic carbocycles. The number of anilines is 1. The highest BCUT2D eigenvalue weighted by Crippen LogP contribution is 2.53. The highest BCUT2D eigenvalue weighted by atomic mass is 16.3. The molecule has 0 radical (unpaired) electrons. The minimum Gasteiger partial charge on any atom is -0.510 e. The largest absolute Gasteiger partial charge is 0.510 e. The fourth-order valence-corrected chi connectivity index (χ4v) is 7.53. The normalized spacial score (nSPS) is 24.3. The van der Waals surface area contributed by atoms with Crippen LogP contribution in [0.5, 0.6) is 5.75 Å². The van der Waals surface area contributed by atoms with Gasteiger partial charge in [0.15, 0.2) is 11.4 Å². The zero-order chi connectivity index (χ0) is 35.4. The van der Waals surface area contributed by atoms with Crippen molar-refractivity contribution in [1.82, 2.24) is 15.1 Å². The second kappa shape index (κ2) is 12.7. The van der Waals surface area contributed by atoms with E-state index in [1.807, 2.05) is 30.3 Å². The molecule has 2 amide bonds. The molecule has 0 bridgehead atoms. The Hall–Kier alpha value is -4.72. The Balaban J connectivity index is 1.55. The number of allylic oxidation sites excluding steroid dienone is 1. The molecule has 0 aliphatic heterocycles. The van der Waals surface area contributed by atoms with Crippen molar-refractivity contribution in [2.24, 2.45) is 17.6 Å². The molecule has 0 fully saturated rings. The Labute approximate surface area is 278 Å². The second-order valence-electron chi connectivity index (χ2n) is 13.5. The van der Waals surface area contributed by atoms with Gasteiger partial charge in [0, 0.05) is 43.4 Å². The zero-order valence-electron chi connectivity index (χ0n) is 27.9. The van der Waals surface area contributed by atoms with Gasteiger partial charge in [-0.1, -0.05) is 30.3 Å². The Morgan fingerprint density at radius 2 is 1.69 bits per heavy atom. The molecule has 13 heteroatoms. The summed E-state index contributed by atoms with van der Waals surface area (Å²) in [5.41, 5.74) is 3.82. The van der Waals surface area contributed by atoms with E-state index in [0.29, 0.717) is 17.7 Å². The van der Waals surface area contributed by atoms with Crippen molar-refractivity contribution in [3.05, 3.63) is 81.3 Å². The van der Waals surface area contributed by atoms with E-state index in [1.54, 1.807) is 58.2 Å². The quantitative estimate of drug-likeness (QED) is 0.210. The van der Waals surface area contributed by atoms with E-state index in [1.165, 1.54) is 4.90 Å². The van der Waals surface area contributed by atoms with E-state index in [4.69, 9.17) is 5.73 Å². The van der Waals surface area contributed by atoms with Crippen LogP contribution in [0, 0.1) is 11.8 Å². The highest BCUT2D eigenvalue weighted by molar-refractivity contribution is 6.25. The van der Waals surface area contributed by atoms with Crippen LogP contribution in [-0.4, -0.2) is 114 Å². The molecule has 0 heterocycles. The molecule has 1 unspecified atom stereocenters. The highest BCUT2D eigenvalue weighted by Gasteiger charge is 2.63. The van der Waals surface area contributed by atoms with Gasteiger partial charge in [-0.15, -0.1) is 0 Å². The van der Waals surface area contributed by atoms with E-state index in [2.05, 4.69) is 5.32 Å². The topological polar surface area (TPSA) is 197 Å². The molecule has 5 rings (SSSR count). The van der Waals surface area contributed by atoms with Crippen LogP contribution in [0.2, 0.25) is 0 Å². The molecule has 2 aromatic rings. The van der Waals surface area contributed by atoms with E-state index in [0.717, 1.165) is 5.56 Å². The summed E-state index contributed by atoms with van der Waals surface area (Å²) in [5, 5.41) is 48.9. The van der Waals surface area contributed by atoms with Crippen molar-refractivity contribution in [2.75, 3.05) is 47.2 Å². The first-order valence-electron chi connectivity index (χ1n) is 15.7. The number of fused-ring (bicyclic) bond motifs is 3. The summed E-state index contributed by atoms with van der Waals surface area (Å²) in [6.07, 6.45) is 0.598. The SMILES string of the molecule is CN(C)c1cc(CNC(=O)C(Cc2ccccc2)N(C)C)c(O)c2c1C[C@H]1C[C@H]3[C@@H](N(C)C)C(O)=C(C(N)=O)C(=O)[C@@]3(O)C(O)=C1C2=O. The number of benzene rings is 2. The van der Waals surface area contributed by atoms with Gasteiger partial charge in [0.25, 0.3) is 5.91 Å². The molecule has 2 aromatic carbocycles. The summed E-state index contributed by atoms with van der Waals surface area (Å²) in [4.78, 5) is 58.6. The maximum atomic E-state index is 14.3. The van der Waals surface area contributed by atoms with Crippen LogP contribution in [0.1, 0.15) is 33.5 Å². The van der Waals surface area contributed by atoms with Crippen molar-refractivity contribution in [2.45, 2.75) is 43.5 Å². The van der Waals surface area contributed by atoms with Crippen molar-refractivity contribution < 1.29 is 39.6 Å². The Morgan fingerprint density at radius 1 is 1.04 bits per heavy atom. The lowest BCUT2D eigenvalue weighted by Crippen LogP contribution is -2.63. The number of ketones is 2. The number of hydrogen-bond donors (Lipinski definition) is 6. The Morgan fingerprint density at radius 3 is 2.25 bits per heavy atom. The molecule has 3 aliphatic rings. The third-order valence-electron chi connectivity index (χ3n) is 9.91. The van der Waals surface area contributed by atoms with Gasteiger partial charge in [0.2, 0.25) is 11.7 Å². The zero-order valence-corrected chi connectivity index (χ0v) is 27.9.